The number of hydrogen-bond donors (Lipinski definition) is 1. The third-order valence-corrected chi connectivity index (χ3v) is 6.21. The number of rotatable bonds is 7. The van der Waals surface area contributed by atoms with E-state index >= 15 is 0 Å². The highest BCUT2D eigenvalue weighted by Crippen LogP contribution is 2.30. The molecule has 0 saturated heterocycles. The summed E-state index contributed by atoms with van der Waals surface area (Å²) in [4.78, 5) is 12.7. The van der Waals surface area contributed by atoms with Crippen LogP contribution in [0, 0.1) is 13.8 Å². The molecule has 0 spiro atoms. The largest absolute Gasteiger partial charge is 0.348 e. The molecule has 0 aliphatic heterocycles. The summed E-state index contributed by atoms with van der Waals surface area (Å²) >= 11 is 12.0. The maximum Gasteiger partial charge on any atom is 0.241 e. The van der Waals surface area contributed by atoms with Crippen molar-refractivity contribution in [1.29, 1.82) is 0 Å². The molecule has 152 valence electrons. The number of carbonyl (C=O) groups excluding carboxylic acids is 1. The minimum Gasteiger partial charge on any atom is -0.348 e. The minimum atomic E-state index is -3.72. The number of amides is 1. The van der Waals surface area contributed by atoms with E-state index in [1.807, 2.05) is 39.0 Å². The molecule has 28 heavy (non-hydrogen) atoms. The fourth-order valence-corrected chi connectivity index (χ4v) is 4.27. The molecule has 0 aliphatic carbocycles. The lowest BCUT2D eigenvalue weighted by atomic mass is 9.99. The Hall–Kier alpha value is -1.76. The highest BCUT2D eigenvalue weighted by Gasteiger charge is 2.24. The van der Waals surface area contributed by atoms with E-state index in [2.05, 4.69) is 5.32 Å². The van der Waals surface area contributed by atoms with E-state index < -0.39 is 15.9 Å². The number of hydrogen-bond acceptors (Lipinski definition) is 3. The molecule has 0 radical (unpaired) electrons. The molecule has 2 rings (SSSR count). The topological polar surface area (TPSA) is 66.5 Å². The van der Waals surface area contributed by atoms with E-state index in [4.69, 9.17) is 23.2 Å². The summed E-state index contributed by atoms with van der Waals surface area (Å²) in [7, 11) is -3.72. The summed E-state index contributed by atoms with van der Waals surface area (Å²) in [5, 5.41) is 3.46. The molecule has 0 aliphatic rings. The first-order valence-corrected chi connectivity index (χ1v) is 11.4. The predicted molar refractivity (Wildman–Crippen MR) is 116 cm³/mol. The third-order valence-electron chi connectivity index (χ3n) is 4.54. The molecule has 0 unspecified atom stereocenters. The van der Waals surface area contributed by atoms with E-state index in [0.717, 1.165) is 21.7 Å². The molecular weight excluding hydrogens is 419 g/mol. The molecule has 5 nitrogen and oxygen atoms in total. The smallest absolute Gasteiger partial charge is 0.241 e. The van der Waals surface area contributed by atoms with Gasteiger partial charge in [-0.3, -0.25) is 9.10 Å². The lowest BCUT2D eigenvalue weighted by molar-refractivity contribution is -0.120. The van der Waals surface area contributed by atoms with Gasteiger partial charge in [-0.25, -0.2) is 8.42 Å². The zero-order valence-electron chi connectivity index (χ0n) is 16.3. The van der Waals surface area contributed by atoms with Gasteiger partial charge in [0.05, 0.1) is 23.0 Å². The number of aryl methyl sites for hydroxylation is 2. The average molecular weight is 443 g/mol. The molecule has 0 bridgehead atoms. The van der Waals surface area contributed by atoms with E-state index in [1.54, 1.807) is 0 Å². The van der Waals surface area contributed by atoms with Crippen LogP contribution in [0.3, 0.4) is 0 Å². The quantitative estimate of drug-likeness (QED) is 0.678. The Labute approximate surface area is 176 Å². The Morgan fingerprint density at radius 1 is 1.11 bits per heavy atom. The lowest BCUT2D eigenvalue weighted by Gasteiger charge is -2.25. The van der Waals surface area contributed by atoms with Crippen molar-refractivity contribution in [2.45, 2.75) is 33.2 Å². The second-order valence-corrected chi connectivity index (χ2v) is 9.49. The SMILES string of the molecule is CC[C@H](NC(=O)CN(c1ccc(Cl)cc1Cl)S(C)(=O)=O)c1ccc(C)c(C)c1. The Morgan fingerprint density at radius 3 is 2.32 bits per heavy atom. The molecule has 0 saturated carbocycles. The van der Waals surface area contributed by atoms with Crippen LogP contribution in [-0.4, -0.2) is 27.1 Å². The Bertz CT molecular complexity index is 977. The Morgan fingerprint density at radius 2 is 1.79 bits per heavy atom. The Kier molecular flexibility index (Phi) is 7.37. The van der Waals surface area contributed by atoms with E-state index in [9.17, 15) is 13.2 Å². The van der Waals surface area contributed by atoms with Crippen molar-refractivity contribution in [3.63, 3.8) is 0 Å². The van der Waals surface area contributed by atoms with Crippen molar-refractivity contribution in [1.82, 2.24) is 5.32 Å². The monoisotopic (exact) mass is 442 g/mol. The summed E-state index contributed by atoms with van der Waals surface area (Å²) in [6.07, 6.45) is 1.71. The van der Waals surface area contributed by atoms with E-state index in [0.29, 0.717) is 11.4 Å². The maximum absolute atomic E-state index is 12.7. The normalized spacial score (nSPS) is 12.5. The summed E-state index contributed by atoms with van der Waals surface area (Å²) in [6.45, 7) is 5.63. The standard InChI is InChI=1S/C20H24Cl2N2O3S/c1-5-18(15-7-6-13(2)14(3)10-15)23-20(25)12-24(28(4,26)27)19-9-8-16(21)11-17(19)22/h6-11,18H,5,12H2,1-4H3,(H,23,25)/t18-/m0/s1. The minimum absolute atomic E-state index is 0.159. The van der Waals surface area contributed by atoms with E-state index in [1.165, 1.54) is 23.8 Å². The summed E-state index contributed by atoms with van der Waals surface area (Å²) in [5.74, 6) is -0.415. The van der Waals surface area contributed by atoms with Crippen molar-refractivity contribution in [2.75, 3.05) is 17.1 Å². The van der Waals surface area contributed by atoms with Crippen molar-refractivity contribution in [3.05, 3.63) is 63.1 Å². The zero-order valence-corrected chi connectivity index (χ0v) is 18.6. The molecule has 0 fully saturated rings. The van der Waals surface area contributed by atoms with Gasteiger partial charge in [0.2, 0.25) is 15.9 Å². The summed E-state index contributed by atoms with van der Waals surface area (Å²) < 4.78 is 25.5. The fraction of sp³-hybridized carbons (Fsp3) is 0.350. The van der Waals surface area contributed by atoms with Gasteiger partial charge in [-0.15, -0.1) is 0 Å². The fourth-order valence-electron chi connectivity index (χ4n) is 2.84. The first-order valence-electron chi connectivity index (χ1n) is 8.82. The van der Waals surface area contributed by atoms with Crippen LogP contribution < -0.4 is 9.62 Å². The zero-order chi connectivity index (χ0) is 21.1. The van der Waals surface area contributed by atoms with Crippen LogP contribution in [0.15, 0.2) is 36.4 Å². The molecular formula is C20H24Cl2N2O3S. The number of halogens is 2. The number of carbonyl (C=O) groups is 1. The highest BCUT2D eigenvalue weighted by atomic mass is 35.5. The predicted octanol–water partition coefficient (Wildman–Crippen LogP) is 4.64. The lowest BCUT2D eigenvalue weighted by Crippen LogP contribution is -2.41. The third kappa shape index (κ3) is 5.63. The molecule has 0 aromatic heterocycles. The van der Waals surface area contributed by atoms with E-state index in [-0.39, 0.29) is 23.3 Å². The van der Waals surface area contributed by atoms with Crippen LogP contribution in [0.2, 0.25) is 10.0 Å². The van der Waals surface area contributed by atoms with Gasteiger partial charge < -0.3 is 5.32 Å². The molecule has 2 aromatic rings. The van der Waals surface area contributed by atoms with Crippen LogP contribution in [-0.2, 0) is 14.8 Å². The number of nitrogens with zero attached hydrogens (tertiary/aromatic N) is 1. The van der Waals surface area contributed by atoms with Gasteiger partial charge >= 0.3 is 0 Å². The number of sulfonamides is 1. The summed E-state index contributed by atoms with van der Waals surface area (Å²) in [5.41, 5.74) is 3.50. The average Bonchev–Trinajstić information content (AvgIpc) is 2.60. The van der Waals surface area contributed by atoms with Crippen LogP contribution in [0.1, 0.15) is 36.1 Å². The van der Waals surface area contributed by atoms with Gasteiger partial charge in [-0.1, -0.05) is 48.3 Å². The van der Waals surface area contributed by atoms with Gasteiger partial charge in [0.25, 0.3) is 0 Å². The highest BCUT2D eigenvalue weighted by molar-refractivity contribution is 7.92. The van der Waals surface area contributed by atoms with Crippen LogP contribution >= 0.6 is 23.2 Å². The van der Waals surface area contributed by atoms with Gasteiger partial charge in [-0.2, -0.15) is 0 Å². The van der Waals surface area contributed by atoms with Crippen LogP contribution in [0.5, 0.6) is 0 Å². The molecule has 1 N–H and O–H groups in total. The number of nitrogens with one attached hydrogen (secondary N) is 1. The second kappa shape index (κ2) is 9.16. The first-order chi connectivity index (χ1) is 13.0. The molecule has 2 aromatic carbocycles. The molecule has 8 heteroatoms. The number of anilines is 1. The summed E-state index contributed by atoms with van der Waals surface area (Å²) in [6, 6.07) is 10.3. The molecule has 0 heterocycles. The first kappa shape index (κ1) is 22.5. The van der Waals surface area contributed by atoms with Crippen molar-refractivity contribution in [2.24, 2.45) is 0 Å². The van der Waals surface area contributed by atoms with Crippen LogP contribution in [0.25, 0.3) is 0 Å². The van der Waals surface area contributed by atoms with Gasteiger partial charge in [0.15, 0.2) is 0 Å². The second-order valence-electron chi connectivity index (χ2n) is 6.74. The van der Waals surface area contributed by atoms with Gasteiger partial charge in [0, 0.05) is 5.02 Å². The van der Waals surface area contributed by atoms with Crippen molar-refractivity contribution < 1.29 is 13.2 Å². The van der Waals surface area contributed by atoms with Crippen molar-refractivity contribution in [3.8, 4) is 0 Å². The molecule has 1 amide bonds. The van der Waals surface area contributed by atoms with Gasteiger partial charge in [0.1, 0.15) is 6.54 Å². The maximum atomic E-state index is 12.7. The number of benzene rings is 2. The van der Waals surface area contributed by atoms with Crippen LogP contribution in [0.4, 0.5) is 5.69 Å². The Balaban J connectivity index is 2.24. The van der Waals surface area contributed by atoms with Gasteiger partial charge in [-0.05, 0) is 55.2 Å². The molecule has 1 atom stereocenters. The van der Waals surface area contributed by atoms with Crippen molar-refractivity contribution >= 4 is 44.8 Å².